The van der Waals surface area contributed by atoms with Crippen molar-refractivity contribution in [3.8, 4) is 0 Å². The zero-order chi connectivity index (χ0) is 20.4. The molecule has 6 heteroatoms. The average Bonchev–Trinajstić information content (AvgIpc) is 2.71. The minimum absolute atomic E-state index is 0.0128. The van der Waals surface area contributed by atoms with Crippen molar-refractivity contribution in [2.45, 2.75) is 52.6 Å². The molecule has 1 saturated heterocycles. The normalized spacial score (nSPS) is 17.4. The topological polar surface area (TPSA) is 68.8 Å². The van der Waals surface area contributed by atoms with Crippen LogP contribution in [0.15, 0.2) is 35.3 Å². The van der Waals surface area contributed by atoms with Gasteiger partial charge in [-0.05, 0) is 32.3 Å². The minimum atomic E-state index is 0.0128. The van der Waals surface area contributed by atoms with E-state index in [1.165, 1.54) is 5.56 Å². The predicted octanol–water partition coefficient (Wildman–Crippen LogP) is 2.54. The minimum Gasteiger partial charge on any atom is -0.357 e. The lowest BCUT2D eigenvalue weighted by molar-refractivity contribution is -0.123. The number of nitrogens with zero attached hydrogens (tertiary/aromatic N) is 2. The Hall–Kier alpha value is -2.08. The van der Waals surface area contributed by atoms with Crippen LogP contribution in [0.4, 0.5) is 0 Å². The summed E-state index contributed by atoms with van der Waals surface area (Å²) in [6, 6.07) is 11.6. The smallest absolute Gasteiger partial charge is 0.222 e. The molecule has 1 heterocycles. The highest BCUT2D eigenvalue weighted by Gasteiger charge is 2.23. The fourth-order valence-corrected chi connectivity index (χ4v) is 3.44. The number of benzene rings is 1. The summed E-state index contributed by atoms with van der Waals surface area (Å²) >= 11 is 0. The highest BCUT2D eigenvalue weighted by atomic mass is 16.1. The molecule has 1 aromatic carbocycles. The number of likely N-dealkylation sites (tertiary alicyclic amines) is 1. The third-order valence-corrected chi connectivity index (χ3v) is 5.25. The standard InChI is InChI=1S/C22H37N5O/c1-5-23-22(25-14-13-24-21(28)17(2)3)26-20-11-15-27(16-12-20)18(4)19-9-7-6-8-10-19/h6-10,17-18,20H,5,11-16H2,1-4H3,(H,24,28)(H2,23,25,26). The lowest BCUT2D eigenvalue weighted by Crippen LogP contribution is -2.49. The second-order valence-electron chi connectivity index (χ2n) is 7.75. The molecule has 1 aromatic rings. The summed E-state index contributed by atoms with van der Waals surface area (Å²) in [5, 5.41) is 9.79. The highest BCUT2D eigenvalue weighted by Crippen LogP contribution is 2.23. The number of piperidine rings is 1. The van der Waals surface area contributed by atoms with E-state index < -0.39 is 0 Å². The zero-order valence-corrected chi connectivity index (χ0v) is 17.9. The summed E-state index contributed by atoms with van der Waals surface area (Å²) in [5.41, 5.74) is 1.38. The molecule has 1 unspecified atom stereocenters. The molecule has 0 aliphatic carbocycles. The summed E-state index contributed by atoms with van der Waals surface area (Å²) < 4.78 is 0. The van der Waals surface area contributed by atoms with Gasteiger partial charge in [-0.15, -0.1) is 0 Å². The Bertz CT molecular complexity index is 609. The molecule has 2 rings (SSSR count). The molecule has 28 heavy (non-hydrogen) atoms. The third-order valence-electron chi connectivity index (χ3n) is 5.25. The Morgan fingerprint density at radius 3 is 2.43 bits per heavy atom. The number of hydrogen-bond acceptors (Lipinski definition) is 3. The maximum atomic E-state index is 11.6. The van der Waals surface area contributed by atoms with Crippen molar-refractivity contribution in [1.29, 1.82) is 0 Å². The van der Waals surface area contributed by atoms with Gasteiger partial charge in [0.05, 0.1) is 6.54 Å². The summed E-state index contributed by atoms with van der Waals surface area (Å²) in [6.07, 6.45) is 2.21. The van der Waals surface area contributed by atoms with Crippen molar-refractivity contribution < 1.29 is 4.79 Å². The van der Waals surface area contributed by atoms with Crippen molar-refractivity contribution in [3.05, 3.63) is 35.9 Å². The van der Waals surface area contributed by atoms with Gasteiger partial charge in [-0.25, -0.2) is 0 Å². The van der Waals surface area contributed by atoms with Crippen molar-refractivity contribution in [3.63, 3.8) is 0 Å². The molecule has 1 amide bonds. The first-order valence-electron chi connectivity index (χ1n) is 10.6. The largest absolute Gasteiger partial charge is 0.357 e. The number of amides is 1. The molecule has 3 N–H and O–H groups in total. The Balaban J connectivity index is 1.78. The molecular formula is C22H37N5O. The van der Waals surface area contributed by atoms with Crippen LogP contribution < -0.4 is 16.0 Å². The molecular weight excluding hydrogens is 350 g/mol. The van der Waals surface area contributed by atoms with E-state index in [0.29, 0.717) is 25.2 Å². The predicted molar refractivity (Wildman–Crippen MR) is 116 cm³/mol. The molecule has 1 aliphatic rings. The van der Waals surface area contributed by atoms with Gasteiger partial charge in [0.2, 0.25) is 5.91 Å². The van der Waals surface area contributed by atoms with E-state index in [1.54, 1.807) is 0 Å². The van der Waals surface area contributed by atoms with Crippen LogP contribution in [0.2, 0.25) is 0 Å². The highest BCUT2D eigenvalue weighted by molar-refractivity contribution is 5.80. The zero-order valence-electron chi connectivity index (χ0n) is 17.9. The maximum absolute atomic E-state index is 11.6. The number of guanidine groups is 1. The Kier molecular flexibility index (Phi) is 9.28. The van der Waals surface area contributed by atoms with Gasteiger partial charge < -0.3 is 16.0 Å². The van der Waals surface area contributed by atoms with Gasteiger partial charge in [-0.1, -0.05) is 44.2 Å². The molecule has 1 aliphatic heterocycles. The quantitative estimate of drug-likeness (QED) is 0.364. The van der Waals surface area contributed by atoms with E-state index in [-0.39, 0.29) is 11.8 Å². The first kappa shape index (κ1) is 22.2. The molecule has 0 radical (unpaired) electrons. The molecule has 0 bridgehead atoms. The molecule has 1 fully saturated rings. The van der Waals surface area contributed by atoms with E-state index >= 15 is 0 Å². The fourth-order valence-electron chi connectivity index (χ4n) is 3.44. The SMILES string of the molecule is CCNC(=NCCNC(=O)C(C)C)NC1CCN(C(C)c2ccccc2)CC1. The van der Waals surface area contributed by atoms with Crippen molar-refractivity contribution in [2.24, 2.45) is 10.9 Å². The second kappa shape index (κ2) is 11.7. The van der Waals surface area contributed by atoms with E-state index in [4.69, 9.17) is 0 Å². The van der Waals surface area contributed by atoms with Crippen molar-refractivity contribution in [1.82, 2.24) is 20.9 Å². The number of nitrogens with one attached hydrogen (secondary N) is 3. The van der Waals surface area contributed by atoms with Crippen molar-refractivity contribution in [2.75, 3.05) is 32.7 Å². The van der Waals surface area contributed by atoms with Crippen LogP contribution >= 0.6 is 0 Å². The van der Waals surface area contributed by atoms with Crippen LogP contribution in [-0.4, -0.2) is 55.5 Å². The second-order valence-corrected chi connectivity index (χ2v) is 7.75. The molecule has 6 nitrogen and oxygen atoms in total. The van der Waals surface area contributed by atoms with E-state index in [9.17, 15) is 4.79 Å². The molecule has 1 atom stereocenters. The number of aliphatic imine (C=N–C) groups is 1. The number of carbonyl (C=O) groups excluding carboxylic acids is 1. The average molecular weight is 388 g/mol. The van der Waals surface area contributed by atoms with Gasteiger partial charge in [0.15, 0.2) is 5.96 Å². The Morgan fingerprint density at radius 1 is 1.14 bits per heavy atom. The summed E-state index contributed by atoms with van der Waals surface area (Å²) in [5.74, 6) is 0.933. The van der Waals surface area contributed by atoms with E-state index in [0.717, 1.165) is 38.4 Å². The molecule has 156 valence electrons. The number of rotatable bonds is 8. The van der Waals surface area contributed by atoms with Crippen LogP contribution in [0.25, 0.3) is 0 Å². The van der Waals surface area contributed by atoms with E-state index in [1.807, 2.05) is 13.8 Å². The molecule has 0 saturated carbocycles. The van der Waals surface area contributed by atoms with Gasteiger partial charge in [0.25, 0.3) is 0 Å². The van der Waals surface area contributed by atoms with Crippen LogP contribution in [0, 0.1) is 5.92 Å². The van der Waals surface area contributed by atoms with Gasteiger partial charge in [-0.2, -0.15) is 0 Å². The Labute approximate surface area is 170 Å². The monoisotopic (exact) mass is 387 g/mol. The van der Waals surface area contributed by atoms with Crippen LogP contribution in [0.1, 0.15) is 52.1 Å². The maximum Gasteiger partial charge on any atom is 0.222 e. The summed E-state index contributed by atoms with van der Waals surface area (Å²) in [6.45, 7) is 12.3. The van der Waals surface area contributed by atoms with Crippen molar-refractivity contribution >= 4 is 11.9 Å². The Morgan fingerprint density at radius 2 is 1.82 bits per heavy atom. The number of hydrogen-bond donors (Lipinski definition) is 3. The fraction of sp³-hybridized carbons (Fsp3) is 0.636. The first-order chi connectivity index (χ1) is 13.5. The lowest BCUT2D eigenvalue weighted by Gasteiger charge is -2.37. The first-order valence-corrected chi connectivity index (χ1v) is 10.6. The van der Waals surface area contributed by atoms with Gasteiger partial charge in [0, 0.05) is 44.2 Å². The summed E-state index contributed by atoms with van der Waals surface area (Å²) in [4.78, 5) is 18.8. The van der Waals surface area contributed by atoms with Crippen LogP contribution in [-0.2, 0) is 4.79 Å². The van der Waals surface area contributed by atoms with Gasteiger partial charge in [0.1, 0.15) is 0 Å². The van der Waals surface area contributed by atoms with Crippen LogP contribution in [0.3, 0.4) is 0 Å². The summed E-state index contributed by atoms with van der Waals surface area (Å²) in [7, 11) is 0. The van der Waals surface area contributed by atoms with Gasteiger partial charge in [-0.3, -0.25) is 14.7 Å². The molecule has 0 aromatic heterocycles. The number of carbonyl (C=O) groups is 1. The molecule has 0 spiro atoms. The van der Waals surface area contributed by atoms with Crippen LogP contribution in [0.5, 0.6) is 0 Å². The van der Waals surface area contributed by atoms with E-state index in [2.05, 4.69) is 70.0 Å². The third kappa shape index (κ3) is 7.15. The van der Waals surface area contributed by atoms with Gasteiger partial charge >= 0.3 is 0 Å². The lowest BCUT2D eigenvalue weighted by atomic mass is 10.0.